The summed E-state index contributed by atoms with van der Waals surface area (Å²) in [6, 6.07) is 8.97. The van der Waals surface area contributed by atoms with Crippen LogP contribution in [0.4, 0.5) is 0 Å². The minimum Gasteiger partial charge on any atom is -0.322 e. The molecule has 3 saturated heterocycles. The summed E-state index contributed by atoms with van der Waals surface area (Å²) in [7, 11) is 0. The molecular weight excluding hydrogens is 258 g/mol. The predicted octanol–water partition coefficient (Wildman–Crippen LogP) is 3.04. The standard InChI is InChI=1S/C15H18ClN3/c16-9-15-17-12-3-1-2-4-13(12)19(15)14-10-18-7-5-11(14)6-8-18/h1-4,11,14H,5-10H2. The van der Waals surface area contributed by atoms with Crippen LogP contribution in [0.5, 0.6) is 0 Å². The summed E-state index contributed by atoms with van der Waals surface area (Å²) in [5.74, 6) is 2.32. The molecule has 3 nitrogen and oxygen atoms in total. The third-order valence-electron chi connectivity index (χ3n) is 4.74. The van der Waals surface area contributed by atoms with Crippen LogP contribution in [0.15, 0.2) is 24.3 Å². The maximum Gasteiger partial charge on any atom is 0.125 e. The van der Waals surface area contributed by atoms with Crippen LogP contribution in [0.3, 0.4) is 0 Å². The first kappa shape index (κ1) is 11.7. The number of para-hydroxylation sites is 2. The van der Waals surface area contributed by atoms with Gasteiger partial charge in [-0.3, -0.25) is 0 Å². The number of aromatic nitrogens is 2. The van der Waals surface area contributed by atoms with Crippen LogP contribution in [0, 0.1) is 5.92 Å². The van der Waals surface area contributed by atoms with Gasteiger partial charge >= 0.3 is 0 Å². The zero-order chi connectivity index (χ0) is 12.8. The molecule has 100 valence electrons. The van der Waals surface area contributed by atoms with E-state index in [1.165, 1.54) is 31.4 Å². The Balaban J connectivity index is 1.85. The van der Waals surface area contributed by atoms with Gasteiger partial charge in [-0.15, -0.1) is 11.6 Å². The largest absolute Gasteiger partial charge is 0.322 e. The Kier molecular flexibility index (Phi) is 2.78. The number of rotatable bonds is 2. The molecule has 4 heteroatoms. The first-order chi connectivity index (χ1) is 9.36. The van der Waals surface area contributed by atoms with Crippen molar-refractivity contribution in [2.45, 2.75) is 24.8 Å². The molecule has 1 aromatic heterocycles. The Bertz CT molecular complexity index is 598. The summed E-state index contributed by atoms with van der Waals surface area (Å²) in [6.45, 7) is 3.70. The van der Waals surface area contributed by atoms with Gasteiger partial charge in [0.25, 0.3) is 0 Å². The van der Waals surface area contributed by atoms with Gasteiger partial charge in [0.05, 0.1) is 23.0 Å². The maximum absolute atomic E-state index is 6.13. The lowest BCUT2D eigenvalue weighted by atomic mass is 9.83. The van der Waals surface area contributed by atoms with Crippen molar-refractivity contribution in [3.8, 4) is 0 Å². The summed E-state index contributed by atoms with van der Waals surface area (Å²) >= 11 is 6.13. The lowest BCUT2D eigenvalue weighted by Crippen LogP contribution is -2.48. The zero-order valence-electron chi connectivity index (χ0n) is 10.9. The number of hydrogen-bond donors (Lipinski definition) is 0. The molecule has 3 fully saturated rings. The Hall–Kier alpha value is -1.06. The van der Waals surface area contributed by atoms with Crippen molar-refractivity contribution < 1.29 is 0 Å². The van der Waals surface area contributed by atoms with E-state index in [4.69, 9.17) is 16.6 Å². The SMILES string of the molecule is ClCc1nc2ccccc2n1C1CN2CCC1CC2. The summed E-state index contributed by atoms with van der Waals surface area (Å²) in [5.41, 5.74) is 2.33. The summed E-state index contributed by atoms with van der Waals surface area (Å²) in [6.07, 6.45) is 2.64. The van der Waals surface area contributed by atoms with E-state index in [0.29, 0.717) is 11.9 Å². The Morgan fingerprint density at radius 2 is 2.00 bits per heavy atom. The molecule has 19 heavy (non-hydrogen) atoms. The van der Waals surface area contributed by atoms with Crippen LogP contribution >= 0.6 is 11.6 Å². The Morgan fingerprint density at radius 3 is 2.68 bits per heavy atom. The highest BCUT2D eigenvalue weighted by atomic mass is 35.5. The minimum absolute atomic E-state index is 0.498. The highest BCUT2D eigenvalue weighted by Crippen LogP contribution is 2.38. The lowest BCUT2D eigenvalue weighted by molar-refractivity contribution is 0.0578. The van der Waals surface area contributed by atoms with Gasteiger partial charge in [-0.2, -0.15) is 0 Å². The molecule has 1 atom stereocenters. The van der Waals surface area contributed by atoms with Gasteiger partial charge in [0.1, 0.15) is 5.82 Å². The molecule has 0 N–H and O–H groups in total. The van der Waals surface area contributed by atoms with E-state index >= 15 is 0 Å². The van der Waals surface area contributed by atoms with E-state index < -0.39 is 0 Å². The number of imidazole rings is 1. The normalized spacial score (nSPS) is 30.1. The molecule has 2 bridgehead atoms. The van der Waals surface area contributed by atoms with Crippen LogP contribution in [0.25, 0.3) is 11.0 Å². The fourth-order valence-corrected chi connectivity index (χ4v) is 3.97. The molecule has 3 aliphatic rings. The minimum atomic E-state index is 0.498. The van der Waals surface area contributed by atoms with Crippen molar-refractivity contribution in [2.75, 3.05) is 19.6 Å². The summed E-state index contributed by atoms with van der Waals surface area (Å²) in [4.78, 5) is 7.28. The predicted molar refractivity (Wildman–Crippen MR) is 77.5 cm³/mol. The van der Waals surface area contributed by atoms with Gasteiger partial charge in [0.2, 0.25) is 0 Å². The van der Waals surface area contributed by atoms with E-state index in [0.717, 1.165) is 23.8 Å². The Morgan fingerprint density at radius 1 is 1.21 bits per heavy atom. The number of alkyl halides is 1. The van der Waals surface area contributed by atoms with Crippen LogP contribution < -0.4 is 0 Å². The van der Waals surface area contributed by atoms with E-state index in [1.54, 1.807) is 0 Å². The fourth-order valence-electron chi connectivity index (χ4n) is 3.79. The van der Waals surface area contributed by atoms with Gasteiger partial charge in [0.15, 0.2) is 0 Å². The second-order valence-corrected chi connectivity index (χ2v) is 5.99. The molecule has 5 rings (SSSR count). The van der Waals surface area contributed by atoms with Gasteiger partial charge in [-0.05, 0) is 44.0 Å². The average molecular weight is 276 g/mol. The van der Waals surface area contributed by atoms with Crippen LogP contribution in [-0.4, -0.2) is 34.1 Å². The molecular formula is C15H18ClN3. The van der Waals surface area contributed by atoms with Gasteiger partial charge in [-0.25, -0.2) is 4.98 Å². The van der Waals surface area contributed by atoms with Crippen molar-refractivity contribution in [1.82, 2.24) is 14.5 Å². The number of piperidine rings is 3. The smallest absolute Gasteiger partial charge is 0.125 e. The number of benzene rings is 1. The van der Waals surface area contributed by atoms with Gasteiger partial charge in [-0.1, -0.05) is 12.1 Å². The van der Waals surface area contributed by atoms with E-state index in [9.17, 15) is 0 Å². The molecule has 4 heterocycles. The van der Waals surface area contributed by atoms with E-state index in [2.05, 4.69) is 27.7 Å². The molecule has 3 aliphatic heterocycles. The highest BCUT2D eigenvalue weighted by molar-refractivity contribution is 6.16. The summed E-state index contributed by atoms with van der Waals surface area (Å²) < 4.78 is 2.42. The fraction of sp³-hybridized carbons (Fsp3) is 0.533. The third-order valence-corrected chi connectivity index (χ3v) is 4.98. The average Bonchev–Trinajstić information content (AvgIpc) is 2.86. The molecule has 1 unspecified atom stereocenters. The third kappa shape index (κ3) is 1.79. The van der Waals surface area contributed by atoms with E-state index in [-0.39, 0.29) is 0 Å². The molecule has 2 aromatic rings. The highest BCUT2D eigenvalue weighted by Gasteiger charge is 2.36. The zero-order valence-corrected chi connectivity index (χ0v) is 11.7. The Labute approximate surface area is 118 Å². The molecule has 0 spiro atoms. The van der Waals surface area contributed by atoms with Crippen molar-refractivity contribution in [2.24, 2.45) is 5.92 Å². The number of hydrogen-bond acceptors (Lipinski definition) is 2. The van der Waals surface area contributed by atoms with E-state index in [1.807, 2.05) is 6.07 Å². The van der Waals surface area contributed by atoms with Crippen molar-refractivity contribution in [3.05, 3.63) is 30.1 Å². The second-order valence-electron chi connectivity index (χ2n) is 5.73. The number of halogens is 1. The quantitative estimate of drug-likeness (QED) is 0.786. The topological polar surface area (TPSA) is 21.1 Å². The molecule has 0 aliphatic carbocycles. The second kappa shape index (κ2) is 4.50. The lowest BCUT2D eigenvalue weighted by Gasteiger charge is -2.45. The molecule has 0 radical (unpaired) electrons. The van der Waals surface area contributed by atoms with Crippen LogP contribution in [-0.2, 0) is 5.88 Å². The monoisotopic (exact) mass is 275 g/mol. The molecule has 1 aromatic carbocycles. The molecule has 0 saturated carbocycles. The van der Waals surface area contributed by atoms with Crippen molar-refractivity contribution in [1.29, 1.82) is 0 Å². The van der Waals surface area contributed by atoms with Gasteiger partial charge < -0.3 is 9.47 Å². The summed E-state index contributed by atoms with van der Waals surface area (Å²) in [5, 5.41) is 0. The van der Waals surface area contributed by atoms with Crippen LogP contribution in [0.1, 0.15) is 24.7 Å². The first-order valence-corrected chi connectivity index (χ1v) is 7.64. The van der Waals surface area contributed by atoms with Crippen molar-refractivity contribution in [3.63, 3.8) is 0 Å². The molecule has 0 amide bonds. The van der Waals surface area contributed by atoms with Crippen molar-refractivity contribution >= 4 is 22.6 Å². The first-order valence-electron chi connectivity index (χ1n) is 7.11. The van der Waals surface area contributed by atoms with Gasteiger partial charge in [0, 0.05) is 6.54 Å². The number of nitrogens with zero attached hydrogens (tertiary/aromatic N) is 3. The van der Waals surface area contributed by atoms with Crippen LogP contribution in [0.2, 0.25) is 0 Å². The maximum atomic E-state index is 6.13. The number of fused-ring (bicyclic) bond motifs is 4.